The molecule has 0 unspecified atom stereocenters. The van der Waals surface area contributed by atoms with Crippen molar-refractivity contribution in [3.63, 3.8) is 0 Å². The molecule has 0 saturated carbocycles. The van der Waals surface area contributed by atoms with E-state index in [1.165, 1.54) is 4.88 Å². The van der Waals surface area contributed by atoms with Gasteiger partial charge in [0.15, 0.2) is 5.96 Å². The van der Waals surface area contributed by atoms with E-state index in [-0.39, 0.29) is 24.0 Å². The molecule has 2 heterocycles. The zero-order chi connectivity index (χ0) is 17.6. The Kier molecular flexibility index (Phi) is 7.58. The summed E-state index contributed by atoms with van der Waals surface area (Å²) < 4.78 is 1.87. The lowest BCUT2D eigenvalue weighted by Gasteiger charge is -2.09. The topological polar surface area (TPSA) is 67.1 Å². The molecule has 0 atom stereocenters. The van der Waals surface area contributed by atoms with E-state index in [1.54, 1.807) is 18.4 Å². The van der Waals surface area contributed by atoms with E-state index in [9.17, 15) is 0 Å². The first kappa shape index (κ1) is 20.4. The minimum absolute atomic E-state index is 0. The number of para-hydroxylation sites is 1. The van der Waals surface area contributed by atoms with E-state index in [0.29, 0.717) is 13.1 Å². The summed E-state index contributed by atoms with van der Waals surface area (Å²) in [6, 6.07) is 10.1. The Labute approximate surface area is 174 Å². The summed E-state index contributed by atoms with van der Waals surface area (Å²) in [6.07, 6.45) is 3.88. The molecule has 1 aromatic carbocycles. The highest BCUT2D eigenvalue weighted by molar-refractivity contribution is 14.0. The molecule has 0 aliphatic heterocycles. The molecule has 6 nitrogen and oxygen atoms in total. The van der Waals surface area contributed by atoms with E-state index < -0.39 is 0 Å². The summed E-state index contributed by atoms with van der Waals surface area (Å²) in [5.41, 5.74) is 3.23. The molecule has 26 heavy (non-hydrogen) atoms. The van der Waals surface area contributed by atoms with Crippen LogP contribution in [0, 0.1) is 13.8 Å². The molecular formula is C18H23IN6S. The fraction of sp³-hybridized carbons (Fsp3) is 0.278. The molecule has 3 rings (SSSR count). The van der Waals surface area contributed by atoms with E-state index in [0.717, 1.165) is 27.9 Å². The van der Waals surface area contributed by atoms with Gasteiger partial charge in [-0.05, 0) is 26.0 Å². The first-order valence-electron chi connectivity index (χ1n) is 8.12. The first-order valence-corrected chi connectivity index (χ1v) is 8.94. The van der Waals surface area contributed by atoms with Crippen LogP contribution >= 0.6 is 35.3 Å². The van der Waals surface area contributed by atoms with Gasteiger partial charge in [-0.2, -0.15) is 5.10 Å². The van der Waals surface area contributed by atoms with Gasteiger partial charge in [-0.15, -0.1) is 35.3 Å². The summed E-state index contributed by atoms with van der Waals surface area (Å²) in [6.45, 7) is 5.45. The van der Waals surface area contributed by atoms with Gasteiger partial charge in [0.05, 0.1) is 24.1 Å². The molecule has 3 aromatic rings. The third kappa shape index (κ3) is 5.28. The number of nitrogens with one attached hydrogen (secondary N) is 2. The Hall–Kier alpha value is -1.94. The Morgan fingerprint density at radius 2 is 1.88 bits per heavy atom. The van der Waals surface area contributed by atoms with Crippen LogP contribution in [0.15, 0.2) is 47.7 Å². The van der Waals surface area contributed by atoms with Crippen LogP contribution in [0.25, 0.3) is 5.69 Å². The van der Waals surface area contributed by atoms with Crippen LogP contribution in [-0.2, 0) is 13.1 Å². The predicted octanol–water partition coefficient (Wildman–Crippen LogP) is 3.43. The van der Waals surface area contributed by atoms with Crippen molar-refractivity contribution in [1.29, 1.82) is 0 Å². The first-order chi connectivity index (χ1) is 12.2. The number of thiazole rings is 1. The molecule has 0 saturated heterocycles. The maximum atomic E-state index is 4.53. The van der Waals surface area contributed by atoms with Crippen molar-refractivity contribution in [2.24, 2.45) is 4.99 Å². The third-order valence-electron chi connectivity index (χ3n) is 3.82. The maximum Gasteiger partial charge on any atom is 0.191 e. The van der Waals surface area contributed by atoms with Gasteiger partial charge < -0.3 is 10.6 Å². The second-order valence-electron chi connectivity index (χ2n) is 5.66. The van der Waals surface area contributed by atoms with Crippen molar-refractivity contribution in [2.45, 2.75) is 26.9 Å². The van der Waals surface area contributed by atoms with Crippen LogP contribution in [0.5, 0.6) is 0 Å². The number of aromatic nitrogens is 3. The smallest absolute Gasteiger partial charge is 0.191 e. The molecule has 8 heteroatoms. The van der Waals surface area contributed by atoms with Gasteiger partial charge >= 0.3 is 0 Å². The molecule has 0 aliphatic carbocycles. The predicted molar refractivity (Wildman–Crippen MR) is 118 cm³/mol. The van der Waals surface area contributed by atoms with Crippen LogP contribution in [0.1, 0.15) is 21.1 Å². The van der Waals surface area contributed by atoms with Crippen LogP contribution in [0.3, 0.4) is 0 Å². The fourth-order valence-corrected chi connectivity index (χ4v) is 3.23. The van der Waals surface area contributed by atoms with Crippen molar-refractivity contribution in [2.75, 3.05) is 7.05 Å². The van der Waals surface area contributed by atoms with E-state index in [2.05, 4.69) is 32.6 Å². The highest BCUT2D eigenvalue weighted by Gasteiger charge is 2.06. The zero-order valence-electron chi connectivity index (χ0n) is 15.1. The van der Waals surface area contributed by atoms with E-state index in [1.807, 2.05) is 54.3 Å². The number of hydrogen-bond acceptors (Lipinski definition) is 4. The molecule has 0 fully saturated rings. The lowest BCUT2D eigenvalue weighted by atomic mass is 10.3. The molecule has 0 bridgehead atoms. The monoisotopic (exact) mass is 482 g/mol. The average molecular weight is 482 g/mol. The average Bonchev–Trinajstić information content (AvgIpc) is 3.23. The van der Waals surface area contributed by atoms with Gasteiger partial charge in [0.25, 0.3) is 0 Å². The van der Waals surface area contributed by atoms with Crippen molar-refractivity contribution in [1.82, 2.24) is 25.4 Å². The quantitative estimate of drug-likeness (QED) is 0.332. The lowest BCUT2D eigenvalue weighted by Crippen LogP contribution is -2.36. The van der Waals surface area contributed by atoms with Gasteiger partial charge in [0.2, 0.25) is 0 Å². The molecule has 2 aromatic heterocycles. The Balaban J connectivity index is 0.00000243. The summed E-state index contributed by atoms with van der Waals surface area (Å²) >= 11 is 1.71. The maximum absolute atomic E-state index is 4.53. The molecule has 0 spiro atoms. The summed E-state index contributed by atoms with van der Waals surface area (Å²) in [5.74, 6) is 0.748. The van der Waals surface area contributed by atoms with Gasteiger partial charge in [-0.1, -0.05) is 18.2 Å². The standard InChI is InChI=1S/C18H22N6S.HI/c1-13-14(2)25-17(23-13)11-21-18(19-3)20-9-15-10-22-24(12-15)16-7-5-4-6-8-16;/h4-8,10,12H,9,11H2,1-3H3,(H2,19,20,21);1H. The van der Waals surface area contributed by atoms with Crippen LogP contribution in [0.4, 0.5) is 0 Å². The van der Waals surface area contributed by atoms with Gasteiger partial charge in [0, 0.05) is 30.2 Å². The lowest BCUT2D eigenvalue weighted by molar-refractivity contribution is 0.803. The second-order valence-corrected chi connectivity index (χ2v) is 6.94. The fourth-order valence-electron chi connectivity index (χ4n) is 2.35. The van der Waals surface area contributed by atoms with Crippen molar-refractivity contribution >= 4 is 41.3 Å². The van der Waals surface area contributed by atoms with Crippen molar-refractivity contribution < 1.29 is 0 Å². The van der Waals surface area contributed by atoms with Crippen LogP contribution < -0.4 is 10.6 Å². The third-order valence-corrected chi connectivity index (χ3v) is 4.89. The van der Waals surface area contributed by atoms with Crippen LogP contribution in [0.2, 0.25) is 0 Å². The second kappa shape index (κ2) is 9.67. The number of guanidine groups is 1. The molecule has 2 N–H and O–H groups in total. The molecule has 138 valence electrons. The Morgan fingerprint density at radius 1 is 1.15 bits per heavy atom. The SMILES string of the molecule is CN=C(NCc1cnn(-c2ccccc2)c1)NCc1nc(C)c(C)s1.I. The van der Waals surface area contributed by atoms with Crippen LogP contribution in [-0.4, -0.2) is 27.8 Å². The number of rotatable bonds is 5. The summed E-state index contributed by atoms with van der Waals surface area (Å²) in [5, 5.41) is 12.1. The molecular weight excluding hydrogens is 459 g/mol. The number of benzene rings is 1. The molecule has 0 amide bonds. The number of nitrogens with zero attached hydrogens (tertiary/aromatic N) is 4. The summed E-state index contributed by atoms with van der Waals surface area (Å²) in [4.78, 5) is 10.0. The van der Waals surface area contributed by atoms with Crippen molar-refractivity contribution in [3.05, 3.63) is 63.9 Å². The minimum Gasteiger partial charge on any atom is -0.352 e. The Bertz CT molecular complexity index is 836. The number of aryl methyl sites for hydroxylation is 2. The summed E-state index contributed by atoms with van der Waals surface area (Å²) in [7, 11) is 1.76. The van der Waals surface area contributed by atoms with Gasteiger partial charge in [-0.3, -0.25) is 4.99 Å². The van der Waals surface area contributed by atoms with Crippen molar-refractivity contribution in [3.8, 4) is 5.69 Å². The highest BCUT2D eigenvalue weighted by Crippen LogP contribution is 2.15. The Morgan fingerprint density at radius 3 is 2.54 bits per heavy atom. The number of hydrogen-bond donors (Lipinski definition) is 2. The van der Waals surface area contributed by atoms with Gasteiger partial charge in [-0.25, -0.2) is 9.67 Å². The molecule has 0 aliphatic rings. The normalized spacial score (nSPS) is 11.1. The zero-order valence-corrected chi connectivity index (χ0v) is 18.2. The highest BCUT2D eigenvalue weighted by atomic mass is 127. The van der Waals surface area contributed by atoms with E-state index >= 15 is 0 Å². The number of aliphatic imine (C=N–C) groups is 1. The van der Waals surface area contributed by atoms with E-state index in [4.69, 9.17) is 0 Å². The minimum atomic E-state index is 0. The van der Waals surface area contributed by atoms with Gasteiger partial charge in [0.1, 0.15) is 5.01 Å². The largest absolute Gasteiger partial charge is 0.352 e. The number of halogens is 1. The molecule has 0 radical (unpaired) electrons.